The highest BCUT2D eigenvalue weighted by Crippen LogP contribution is 2.24. The Morgan fingerprint density at radius 1 is 1.41 bits per heavy atom. The molecule has 1 amide bonds. The summed E-state index contributed by atoms with van der Waals surface area (Å²) in [6, 6.07) is 0. The fraction of sp³-hybridized carbons (Fsp3) is 0.800. The highest BCUT2D eigenvalue weighted by Gasteiger charge is 2.28. The summed E-state index contributed by atoms with van der Waals surface area (Å²) in [5.74, 6) is 1.46. The van der Waals surface area contributed by atoms with Crippen LogP contribution in [0.5, 0.6) is 0 Å². The van der Waals surface area contributed by atoms with Crippen molar-refractivity contribution in [3.63, 3.8) is 0 Å². The monoisotopic (exact) mass is 309 g/mol. The van der Waals surface area contributed by atoms with Gasteiger partial charge in [0.25, 0.3) is 0 Å². The molecule has 0 bridgehead atoms. The van der Waals surface area contributed by atoms with Gasteiger partial charge in [0.05, 0.1) is 12.7 Å². The van der Waals surface area contributed by atoms with Crippen LogP contribution in [0, 0.1) is 6.92 Å². The number of carbonyl (C=O) groups excluding carboxylic acids is 1. The summed E-state index contributed by atoms with van der Waals surface area (Å²) in [6.45, 7) is 4.63. The lowest BCUT2D eigenvalue weighted by molar-refractivity contribution is -0.138. The van der Waals surface area contributed by atoms with E-state index in [9.17, 15) is 4.79 Å². The van der Waals surface area contributed by atoms with Gasteiger partial charge in [0.15, 0.2) is 5.82 Å². The van der Waals surface area contributed by atoms with Crippen molar-refractivity contribution in [2.75, 3.05) is 32.9 Å². The second-order valence-electron chi connectivity index (χ2n) is 6.00. The normalized spacial score (nSPS) is 25.6. The molecule has 22 heavy (non-hydrogen) atoms. The van der Waals surface area contributed by atoms with E-state index >= 15 is 0 Å². The number of aryl methyl sites for hydroxylation is 1. The number of ether oxygens (including phenoxy) is 2. The van der Waals surface area contributed by atoms with Crippen LogP contribution in [0.3, 0.4) is 0 Å². The molecule has 2 aliphatic rings. The number of aromatic nitrogens is 2. The van der Waals surface area contributed by atoms with E-state index in [1.165, 1.54) is 0 Å². The Labute approximate surface area is 129 Å². The number of rotatable bonds is 5. The first-order valence-electron chi connectivity index (χ1n) is 7.99. The Morgan fingerprint density at radius 3 is 3.05 bits per heavy atom. The second-order valence-corrected chi connectivity index (χ2v) is 6.00. The van der Waals surface area contributed by atoms with Crippen LogP contribution in [-0.2, 0) is 14.3 Å². The van der Waals surface area contributed by atoms with Gasteiger partial charge in [0, 0.05) is 32.5 Å². The number of likely N-dealkylation sites (tertiary alicyclic amines) is 1. The molecule has 1 aromatic heterocycles. The molecule has 2 saturated heterocycles. The Kier molecular flexibility index (Phi) is 5.04. The first kappa shape index (κ1) is 15.4. The van der Waals surface area contributed by atoms with Crippen molar-refractivity contribution in [1.82, 2.24) is 15.0 Å². The SMILES string of the molecule is Cc1nc([C@@H]2CCCN(C(=O)COC[C@H]3CCCO3)C2)no1. The second kappa shape index (κ2) is 7.19. The third-order valence-corrected chi connectivity index (χ3v) is 4.24. The minimum atomic E-state index is 0.0305. The highest BCUT2D eigenvalue weighted by molar-refractivity contribution is 5.77. The lowest BCUT2D eigenvalue weighted by atomic mass is 9.97. The predicted octanol–water partition coefficient (Wildman–Crippen LogP) is 1.28. The van der Waals surface area contributed by atoms with Gasteiger partial charge < -0.3 is 18.9 Å². The van der Waals surface area contributed by atoms with E-state index in [0.717, 1.165) is 38.8 Å². The zero-order valence-electron chi connectivity index (χ0n) is 13.0. The van der Waals surface area contributed by atoms with Crippen molar-refractivity contribution >= 4 is 5.91 Å². The van der Waals surface area contributed by atoms with Crippen molar-refractivity contribution in [3.8, 4) is 0 Å². The van der Waals surface area contributed by atoms with Crippen LogP contribution in [0.1, 0.15) is 43.3 Å². The van der Waals surface area contributed by atoms with E-state index in [1.54, 1.807) is 6.92 Å². The smallest absolute Gasteiger partial charge is 0.248 e. The molecule has 3 rings (SSSR count). The van der Waals surface area contributed by atoms with Gasteiger partial charge in [-0.15, -0.1) is 0 Å². The summed E-state index contributed by atoms with van der Waals surface area (Å²) in [4.78, 5) is 18.4. The largest absolute Gasteiger partial charge is 0.376 e. The number of hydrogen-bond donors (Lipinski definition) is 0. The Morgan fingerprint density at radius 2 is 2.32 bits per heavy atom. The molecule has 2 fully saturated rings. The van der Waals surface area contributed by atoms with Crippen molar-refractivity contribution < 1.29 is 18.8 Å². The summed E-state index contributed by atoms with van der Waals surface area (Å²) in [5.41, 5.74) is 0. The van der Waals surface area contributed by atoms with Crippen LogP contribution < -0.4 is 0 Å². The minimum absolute atomic E-state index is 0.0305. The van der Waals surface area contributed by atoms with Gasteiger partial charge in [0.1, 0.15) is 6.61 Å². The zero-order valence-corrected chi connectivity index (χ0v) is 13.0. The molecule has 0 aliphatic carbocycles. The van der Waals surface area contributed by atoms with Gasteiger partial charge in [-0.2, -0.15) is 4.98 Å². The molecule has 1 aromatic rings. The maximum atomic E-state index is 12.2. The molecule has 122 valence electrons. The lowest BCUT2D eigenvalue weighted by Gasteiger charge is -2.31. The number of hydrogen-bond acceptors (Lipinski definition) is 6. The fourth-order valence-corrected chi connectivity index (χ4v) is 3.04. The maximum Gasteiger partial charge on any atom is 0.248 e. The van der Waals surface area contributed by atoms with E-state index in [1.807, 2.05) is 4.90 Å². The first-order chi connectivity index (χ1) is 10.7. The fourth-order valence-electron chi connectivity index (χ4n) is 3.04. The Bertz CT molecular complexity index is 499. The minimum Gasteiger partial charge on any atom is -0.376 e. The molecule has 7 heteroatoms. The summed E-state index contributed by atoms with van der Waals surface area (Å²) in [7, 11) is 0. The van der Waals surface area contributed by atoms with Crippen molar-refractivity contribution in [3.05, 3.63) is 11.7 Å². The average Bonchev–Trinajstić information content (AvgIpc) is 3.19. The first-order valence-corrected chi connectivity index (χ1v) is 7.99. The number of amides is 1. The summed E-state index contributed by atoms with van der Waals surface area (Å²) in [6.07, 6.45) is 4.20. The van der Waals surface area contributed by atoms with E-state index in [0.29, 0.717) is 24.9 Å². The molecule has 0 N–H and O–H groups in total. The van der Waals surface area contributed by atoms with E-state index in [2.05, 4.69) is 10.1 Å². The lowest BCUT2D eigenvalue weighted by Crippen LogP contribution is -2.41. The molecule has 0 unspecified atom stereocenters. The van der Waals surface area contributed by atoms with E-state index in [-0.39, 0.29) is 24.5 Å². The number of nitrogens with zero attached hydrogens (tertiary/aromatic N) is 3. The van der Waals surface area contributed by atoms with Crippen molar-refractivity contribution in [2.45, 2.75) is 44.6 Å². The zero-order chi connectivity index (χ0) is 15.4. The molecule has 2 aliphatic heterocycles. The van der Waals surface area contributed by atoms with E-state index in [4.69, 9.17) is 14.0 Å². The molecular formula is C15H23N3O4. The van der Waals surface area contributed by atoms with Crippen LogP contribution in [0.4, 0.5) is 0 Å². The maximum absolute atomic E-state index is 12.2. The third kappa shape index (κ3) is 3.84. The molecule has 2 atom stereocenters. The molecular weight excluding hydrogens is 286 g/mol. The van der Waals surface area contributed by atoms with Crippen LogP contribution in [-0.4, -0.2) is 60.0 Å². The average molecular weight is 309 g/mol. The van der Waals surface area contributed by atoms with Gasteiger partial charge in [-0.1, -0.05) is 5.16 Å². The Hall–Kier alpha value is -1.47. The van der Waals surface area contributed by atoms with Gasteiger partial charge in [-0.25, -0.2) is 0 Å². The van der Waals surface area contributed by atoms with Crippen molar-refractivity contribution in [2.24, 2.45) is 0 Å². The number of carbonyl (C=O) groups is 1. The van der Waals surface area contributed by atoms with Crippen LogP contribution in [0.2, 0.25) is 0 Å². The quantitative estimate of drug-likeness (QED) is 0.815. The molecule has 7 nitrogen and oxygen atoms in total. The molecule has 3 heterocycles. The molecule has 0 aromatic carbocycles. The van der Waals surface area contributed by atoms with Gasteiger partial charge in [0.2, 0.25) is 11.8 Å². The van der Waals surface area contributed by atoms with Crippen molar-refractivity contribution in [1.29, 1.82) is 0 Å². The van der Waals surface area contributed by atoms with Crippen LogP contribution in [0.25, 0.3) is 0 Å². The Balaban J connectivity index is 1.45. The van der Waals surface area contributed by atoms with Gasteiger partial charge >= 0.3 is 0 Å². The number of piperidine rings is 1. The van der Waals surface area contributed by atoms with Crippen LogP contribution >= 0.6 is 0 Å². The van der Waals surface area contributed by atoms with Crippen LogP contribution in [0.15, 0.2) is 4.52 Å². The standard InChI is InChI=1S/C15H23N3O4/c1-11-16-15(17-22-11)12-4-2-6-18(8-12)14(19)10-20-9-13-5-3-7-21-13/h12-13H,2-10H2,1H3/t12-,13-/m1/s1. The van der Waals surface area contributed by atoms with Gasteiger partial charge in [-0.3, -0.25) is 4.79 Å². The summed E-state index contributed by atoms with van der Waals surface area (Å²) >= 11 is 0. The molecule has 0 spiro atoms. The highest BCUT2D eigenvalue weighted by atomic mass is 16.5. The van der Waals surface area contributed by atoms with Gasteiger partial charge in [-0.05, 0) is 25.7 Å². The molecule has 0 radical (unpaired) electrons. The molecule has 0 saturated carbocycles. The predicted molar refractivity (Wildman–Crippen MR) is 77.4 cm³/mol. The summed E-state index contributed by atoms with van der Waals surface area (Å²) in [5, 5.41) is 3.98. The van der Waals surface area contributed by atoms with E-state index < -0.39 is 0 Å². The topological polar surface area (TPSA) is 77.7 Å². The third-order valence-electron chi connectivity index (χ3n) is 4.24. The summed E-state index contributed by atoms with van der Waals surface area (Å²) < 4.78 is 16.0.